The van der Waals surface area contributed by atoms with Crippen molar-refractivity contribution >= 4 is 17.3 Å². The molecule has 162 valence electrons. The predicted molar refractivity (Wildman–Crippen MR) is 116 cm³/mol. The van der Waals surface area contributed by atoms with Gasteiger partial charge in [0, 0.05) is 10.8 Å². The number of carbonyl (C=O) groups excluding carboxylic acids is 1. The number of alkyl halides is 1. The normalized spacial score (nSPS) is 27.1. The minimum atomic E-state index is -0.759. The van der Waals surface area contributed by atoms with E-state index in [9.17, 15) is 14.3 Å². The molecule has 3 rings (SSSR count). The van der Waals surface area contributed by atoms with Gasteiger partial charge in [0.1, 0.15) is 11.0 Å². The molecule has 4 atom stereocenters. The summed E-state index contributed by atoms with van der Waals surface area (Å²) >= 11 is 1.49. The molecule has 1 aromatic rings. The van der Waals surface area contributed by atoms with Gasteiger partial charge in [-0.3, -0.25) is 0 Å². The van der Waals surface area contributed by atoms with E-state index in [-0.39, 0.29) is 23.4 Å². The van der Waals surface area contributed by atoms with E-state index in [0.717, 1.165) is 44.9 Å². The van der Waals surface area contributed by atoms with Crippen molar-refractivity contribution in [1.29, 1.82) is 0 Å². The van der Waals surface area contributed by atoms with Crippen LogP contribution < -0.4 is 0 Å². The van der Waals surface area contributed by atoms with E-state index < -0.39 is 6.17 Å². The Bertz CT molecular complexity index is 689. The van der Waals surface area contributed by atoms with Crippen LogP contribution in [-0.4, -0.2) is 30.5 Å². The first-order valence-corrected chi connectivity index (χ1v) is 12.0. The number of esters is 1. The molecule has 2 aliphatic rings. The summed E-state index contributed by atoms with van der Waals surface area (Å²) in [6.45, 7) is 2.17. The summed E-state index contributed by atoms with van der Waals surface area (Å²) < 4.78 is 19.2. The molecule has 1 unspecified atom stereocenters. The van der Waals surface area contributed by atoms with Gasteiger partial charge in [-0.25, -0.2) is 9.18 Å². The number of ether oxygens (including phenoxy) is 1. The number of thiophene rings is 1. The number of aliphatic hydroxyl groups excluding tert-OH is 1. The molecule has 0 spiro atoms. The van der Waals surface area contributed by atoms with Gasteiger partial charge in [-0.2, -0.15) is 0 Å². The maximum absolute atomic E-state index is 14.5. The van der Waals surface area contributed by atoms with Crippen LogP contribution in [0.5, 0.6) is 0 Å². The van der Waals surface area contributed by atoms with E-state index >= 15 is 0 Å². The molecular formula is C24H35FO3S. The molecule has 5 heteroatoms. The summed E-state index contributed by atoms with van der Waals surface area (Å²) in [6.07, 6.45) is 12.7. The average molecular weight is 423 g/mol. The maximum atomic E-state index is 14.5. The third kappa shape index (κ3) is 5.29. The van der Waals surface area contributed by atoms with Gasteiger partial charge in [0.05, 0.1) is 13.2 Å². The fourth-order valence-electron chi connectivity index (χ4n) is 5.10. The van der Waals surface area contributed by atoms with Gasteiger partial charge in [0.25, 0.3) is 0 Å². The Balaban J connectivity index is 1.46. The van der Waals surface area contributed by atoms with Gasteiger partial charge in [-0.15, -0.1) is 11.3 Å². The Labute approximate surface area is 178 Å². The highest BCUT2D eigenvalue weighted by Crippen LogP contribution is 2.47. The lowest BCUT2D eigenvalue weighted by atomic mass is 9.63. The Morgan fingerprint density at radius 1 is 1.41 bits per heavy atom. The van der Waals surface area contributed by atoms with E-state index in [2.05, 4.69) is 6.92 Å². The SMILES string of the molecule is CCC1(C(O)CC=C[C@@H]2[C@@H](CCCc3ccc(C(=O)OC)s3)CC[C@@H]2F)CCC1. The quantitative estimate of drug-likeness (QED) is 0.365. The van der Waals surface area contributed by atoms with E-state index in [4.69, 9.17) is 4.74 Å². The van der Waals surface area contributed by atoms with Crippen molar-refractivity contribution < 1.29 is 19.0 Å². The molecule has 0 aliphatic heterocycles. The third-order valence-electron chi connectivity index (χ3n) is 7.30. The molecule has 2 aliphatic carbocycles. The van der Waals surface area contributed by atoms with E-state index in [1.807, 2.05) is 24.3 Å². The van der Waals surface area contributed by atoms with Crippen LogP contribution in [0, 0.1) is 17.3 Å². The molecule has 2 saturated carbocycles. The number of aryl methyl sites for hydroxylation is 1. The van der Waals surface area contributed by atoms with Crippen molar-refractivity contribution in [2.24, 2.45) is 17.3 Å². The van der Waals surface area contributed by atoms with Crippen LogP contribution in [0.1, 0.15) is 79.3 Å². The number of allylic oxidation sites excluding steroid dienone is 1. The number of carbonyl (C=O) groups is 1. The van der Waals surface area contributed by atoms with Gasteiger partial charge in [0.2, 0.25) is 0 Å². The lowest BCUT2D eigenvalue weighted by Crippen LogP contribution is -2.40. The summed E-state index contributed by atoms with van der Waals surface area (Å²) in [5.74, 6) is 0.0776. The van der Waals surface area contributed by atoms with Crippen LogP contribution in [-0.2, 0) is 11.2 Å². The number of halogens is 1. The molecule has 0 aromatic carbocycles. The zero-order chi connectivity index (χ0) is 20.9. The molecule has 0 bridgehead atoms. The van der Waals surface area contributed by atoms with Crippen LogP contribution in [0.3, 0.4) is 0 Å². The van der Waals surface area contributed by atoms with E-state index in [0.29, 0.717) is 23.6 Å². The highest BCUT2D eigenvalue weighted by atomic mass is 32.1. The highest BCUT2D eigenvalue weighted by Gasteiger charge is 2.41. The lowest BCUT2D eigenvalue weighted by Gasteiger charge is -2.45. The zero-order valence-electron chi connectivity index (χ0n) is 17.7. The van der Waals surface area contributed by atoms with Crippen LogP contribution >= 0.6 is 11.3 Å². The molecule has 1 heterocycles. The second kappa shape index (κ2) is 10.2. The summed E-state index contributed by atoms with van der Waals surface area (Å²) in [4.78, 5) is 13.4. The van der Waals surface area contributed by atoms with Crippen molar-refractivity contribution in [2.75, 3.05) is 7.11 Å². The van der Waals surface area contributed by atoms with Crippen molar-refractivity contribution in [3.05, 3.63) is 34.0 Å². The van der Waals surface area contributed by atoms with Crippen LogP contribution in [0.2, 0.25) is 0 Å². The summed E-state index contributed by atoms with van der Waals surface area (Å²) in [6, 6.07) is 3.81. The fraction of sp³-hybridized carbons (Fsp3) is 0.708. The Morgan fingerprint density at radius 3 is 2.86 bits per heavy atom. The average Bonchev–Trinajstić information content (AvgIpc) is 3.29. The molecule has 1 N–H and O–H groups in total. The molecule has 1 aromatic heterocycles. The number of aliphatic hydroxyl groups is 1. The second-order valence-electron chi connectivity index (χ2n) is 8.83. The lowest BCUT2D eigenvalue weighted by molar-refractivity contribution is -0.0355. The first kappa shape index (κ1) is 22.5. The molecule has 0 radical (unpaired) electrons. The van der Waals surface area contributed by atoms with Crippen molar-refractivity contribution in [3.63, 3.8) is 0 Å². The van der Waals surface area contributed by atoms with Crippen molar-refractivity contribution in [3.8, 4) is 0 Å². The first-order chi connectivity index (χ1) is 14.0. The minimum Gasteiger partial charge on any atom is -0.465 e. The zero-order valence-corrected chi connectivity index (χ0v) is 18.6. The molecule has 3 nitrogen and oxygen atoms in total. The number of hydrogen-bond donors (Lipinski definition) is 1. The van der Waals surface area contributed by atoms with Gasteiger partial charge in [0.15, 0.2) is 0 Å². The van der Waals surface area contributed by atoms with Crippen molar-refractivity contribution in [2.45, 2.75) is 83.4 Å². The molecular weight excluding hydrogens is 387 g/mol. The monoisotopic (exact) mass is 422 g/mol. The van der Waals surface area contributed by atoms with Gasteiger partial charge < -0.3 is 9.84 Å². The summed E-state index contributed by atoms with van der Waals surface area (Å²) in [5.41, 5.74) is 0.109. The number of hydrogen-bond acceptors (Lipinski definition) is 4. The number of methoxy groups -OCH3 is 1. The predicted octanol–water partition coefficient (Wildman–Crippen LogP) is 6.11. The van der Waals surface area contributed by atoms with Crippen LogP contribution in [0.4, 0.5) is 4.39 Å². The molecule has 2 fully saturated rings. The molecule has 29 heavy (non-hydrogen) atoms. The van der Waals surface area contributed by atoms with Gasteiger partial charge >= 0.3 is 5.97 Å². The van der Waals surface area contributed by atoms with E-state index in [1.54, 1.807) is 0 Å². The Kier molecular flexibility index (Phi) is 7.92. The van der Waals surface area contributed by atoms with Crippen LogP contribution in [0.15, 0.2) is 24.3 Å². The number of rotatable bonds is 10. The highest BCUT2D eigenvalue weighted by molar-refractivity contribution is 7.13. The Morgan fingerprint density at radius 2 is 2.21 bits per heavy atom. The fourth-order valence-corrected chi connectivity index (χ4v) is 6.06. The maximum Gasteiger partial charge on any atom is 0.348 e. The molecule has 0 saturated heterocycles. The minimum absolute atomic E-state index is 0.0184. The van der Waals surface area contributed by atoms with Crippen molar-refractivity contribution in [1.82, 2.24) is 0 Å². The summed E-state index contributed by atoms with van der Waals surface area (Å²) in [7, 11) is 1.40. The third-order valence-corrected chi connectivity index (χ3v) is 8.42. The standard InChI is InChI=1S/C24H35FO3S/c1-3-24(15-6-16-24)22(26)10-5-9-19-17(11-13-20(19)25)7-4-8-18-12-14-21(29-18)23(27)28-2/h5,9,12,14,17,19-20,22,26H,3-4,6-8,10-11,13,15-16H2,1-2H3/t17-,19+,20-,22?/m0/s1. The smallest absolute Gasteiger partial charge is 0.348 e. The van der Waals surface area contributed by atoms with Gasteiger partial charge in [-0.1, -0.05) is 25.5 Å². The topological polar surface area (TPSA) is 46.5 Å². The second-order valence-corrected chi connectivity index (χ2v) is 10.00. The van der Waals surface area contributed by atoms with Crippen LogP contribution in [0.25, 0.3) is 0 Å². The largest absolute Gasteiger partial charge is 0.465 e. The van der Waals surface area contributed by atoms with E-state index in [1.165, 1.54) is 29.7 Å². The first-order valence-electron chi connectivity index (χ1n) is 11.1. The van der Waals surface area contributed by atoms with Gasteiger partial charge in [-0.05, 0) is 81.3 Å². The summed E-state index contributed by atoms with van der Waals surface area (Å²) in [5, 5.41) is 10.6. The Hall–Kier alpha value is -1.20. The molecule has 0 amide bonds.